The van der Waals surface area contributed by atoms with Crippen LogP contribution >= 0.6 is 23.1 Å². The number of ether oxygens (including phenoxy) is 1. The van der Waals surface area contributed by atoms with E-state index >= 15 is 0 Å². The molecular formula is C17H20N2O5S2. The van der Waals surface area contributed by atoms with Crippen molar-refractivity contribution in [2.45, 2.75) is 26.2 Å². The van der Waals surface area contributed by atoms with Crippen LogP contribution in [0.3, 0.4) is 0 Å². The second-order valence-corrected chi connectivity index (χ2v) is 8.50. The molecule has 0 spiro atoms. The zero-order valence-electron chi connectivity index (χ0n) is 14.4. The summed E-state index contributed by atoms with van der Waals surface area (Å²) in [6, 6.07) is 1.87. The van der Waals surface area contributed by atoms with E-state index in [0.29, 0.717) is 10.8 Å². The molecule has 1 aliphatic heterocycles. The molecule has 1 saturated heterocycles. The third kappa shape index (κ3) is 4.45. The van der Waals surface area contributed by atoms with Gasteiger partial charge in [0.25, 0.3) is 11.1 Å². The predicted octanol–water partition coefficient (Wildman–Crippen LogP) is 1.84. The van der Waals surface area contributed by atoms with E-state index in [2.05, 4.69) is 12.2 Å². The van der Waals surface area contributed by atoms with E-state index in [1.54, 1.807) is 0 Å². The molecule has 1 aliphatic carbocycles. The lowest BCUT2D eigenvalue weighted by Gasteiger charge is -2.16. The van der Waals surface area contributed by atoms with Crippen molar-refractivity contribution in [3.8, 4) is 0 Å². The number of imide groups is 1. The third-order valence-corrected chi connectivity index (χ3v) is 6.44. The van der Waals surface area contributed by atoms with Gasteiger partial charge in [-0.2, -0.15) is 0 Å². The Morgan fingerprint density at radius 2 is 2.19 bits per heavy atom. The molecule has 2 aliphatic rings. The lowest BCUT2D eigenvalue weighted by Crippen LogP contribution is -2.38. The summed E-state index contributed by atoms with van der Waals surface area (Å²) in [5.41, 5.74) is 1.21. The molecule has 0 bridgehead atoms. The number of thiophene rings is 1. The second kappa shape index (κ2) is 8.22. The molecule has 0 unspecified atom stereocenters. The van der Waals surface area contributed by atoms with Crippen molar-refractivity contribution in [1.29, 1.82) is 0 Å². The Bertz CT molecular complexity index is 730. The van der Waals surface area contributed by atoms with Gasteiger partial charge in [-0.05, 0) is 36.8 Å². The van der Waals surface area contributed by atoms with Gasteiger partial charge in [0, 0.05) is 18.0 Å². The highest BCUT2D eigenvalue weighted by molar-refractivity contribution is 8.14. The number of aryl methyl sites for hydroxylation is 1. The predicted molar refractivity (Wildman–Crippen MR) is 98.4 cm³/mol. The number of hydrogen-bond acceptors (Lipinski definition) is 7. The van der Waals surface area contributed by atoms with Gasteiger partial charge >= 0.3 is 5.97 Å². The highest BCUT2D eigenvalue weighted by atomic mass is 32.2. The number of esters is 1. The first-order valence-electron chi connectivity index (χ1n) is 8.46. The van der Waals surface area contributed by atoms with Gasteiger partial charge in [0.2, 0.25) is 5.91 Å². The molecule has 0 aromatic carbocycles. The fourth-order valence-corrected chi connectivity index (χ4v) is 4.82. The first kappa shape index (κ1) is 18.9. The molecule has 1 N–H and O–H groups in total. The number of fused-ring (bicyclic) bond motifs is 1. The standard InChI is InChI=1S/C17H20N2O5S2/c1-10-2-3-12-11(6-10)7-13(26-12)16(22)24-8-14(20)18-4-5-19-15(21)9-25-17(19)23/h7,10H,2-6,8-9H2,1H3,(H,18,20)/t10-/m0/s1. The van der Waals surface area contributed by atoms with Crippen LogP contribution in [0.25, 0.3) is 0 Å². The zero-order chi connectivity index (χ0) is 18.7. The average molecular weight is 396 g/mol. The van der Waals surface area contributed by atoms with Crippen molar-refractivity contribution in [1.82, 2.24) is 10.2 Å². The summed E-state index contributed by atoms with van der Waals surface area (Å²) in [7, 11) is 0. The van der Waals surface area contributed by atoms with E-state index in [1.165, 1.54) is 21.8 Å². The lowest BCUT2D eigenvalue weighted by atomic mass is 9.90. The SMILES string of the molecule is C[C@H]1CCc2sc(C(=O)OCC(=O)NCCN3C(=O)CSC3=O)cc2C1. The van der Waals surface area contributed by atoms with Crippen molar-refractivity contribution >= 4 is 46.1 Å². The van der Waals surface area contributed by atoms with Crippen LogP contribution in [-0.4, -0.2) is 53.4 Å². The largest absolute Gasteiger partial charge is 0.451 e. The summed E-state index contributed by atoms with van der Waals surface area (Å²) < 4.78 is 5.07. The normalized spacial score (nSPS) is 19.4. The highest BCUT2D eigenvalue weighted by Gasteiger charge is 2.29. The molecule has 2 heterocycles. The lowest BCUT2D eigenvalue weighted by molar-refractivity contribution is -0.126. The van der Waals surface area contributed by atoms with Crippen LogP contribution in [-0.2, 0) is 27.2 Å². The van der Waals surface area contributed by atoms with Gasteiger partial charge in [0.15, 0.2) is 6.61 Å². The van der Waals surface area contributed by atoms with Crippen LogP contribution in [0.1, 0.15) is 33.5 Å². The minimum Gasteiger partial charge on any atom is -0.451 e. The van der Waals surface area contributed by atoms with Crippen LogP contribution < -0.4 is 5.32 Å². The molecule has 3 rings (SSSR count). The molecule has 1 aromatic heterocycles. The second-order valence-electron chi connectivity index (χ2n) is 6.43. The van der Waals surface area contributed by atoms with Gasteiger partial charge in [-0.15, -0.1) is 11.3 Å². The number of amides is 3. The first-order chi connectivity index (χ1) is 12.4. The van der Waals surface area contributed by atoms with Gasteiger partial charge in [0.1, 0.15) is 4.88 Å². The smallest absolute Gasteiger partial charge is 0.348 e. The summed E-state index contributed by atoms with van der Waals surface area (Å²) in [5.74, 6) is -0.432. The molecule has 0 radical (unpaired) electrons. The molecule has 1 aromatic rings. The molecule has 1 atom stereocenters. The quantitative estimate of drug-likeness (QED) is 0.738. The monoisotopic (exact) mass is 396 g/mol. The van der Waals surface area contributed by atoms with Gasteiger partial charge < -0.3 is 10.1 Å². The van der Waals surface area contributed by atoms with Crippen LogP contribution in [0.15, 0.2) is 6.07 Å². The molecular weight excluding hydrogens is 376 g/mol. The molecule has 140 valence electrons. The minimum atomic E-state index is -0.492. The van der Waals surface area contributed by atoms with Gasteiger partial charge in [-0.1, -0.05) is 18.7 Å². The van der Waals surface area contributed by atoms with Crippen LogP contribution in [0.4, 0.5) is 4.79 Å². The van der Waals surface area contributed by atoms with Crippen LogP contribution in [0.5, 0.6) is 0 Å². The maximum atomic E-state index is 12.1. The van der Waals surface area contributed by atoms with Crippen molar-refractivity contribution in [3.63, 3.8) is 0 Å². The molecule has 3 amide bonds. The summed E-state index contributed by atoms with van der Waals surface area (Å²) in [5, 5.41) is 2.24. The van der Waals surface area contributed by atoms with E-state index in [0.717, 1.165) is 35.9 Å². The first-order valence-corrected chi connectivity index (χ1v) is 10.3. The van der Waals surface area contributed by atoms with E-state index in [1.807, 2.05) is 6.07 Å². The van der Waals surface area contributed by atoms with Gasteiger partial charge in [-0.25, -0.2) is 4.79 Å². The van der Waals surface area contributed by atoms with Gasteiger partial charge in [-0.3, -0.25) is 19.3 Å². The fraction of sp³-hybridized carbons (Fsp3) is 0.529. The number of hydrogen-bond donors (Lipinski definition) is 1. The molecule has 9 heteroatoms. The maximum absolute atomic E-state index is 12.1. The molecule has 26 heavy (non-hydrogen) atoms. The fourth-order valence-electron chi connectivity index (χ4n) is 2.96. The van der Waals surface area contributed by atoms with Gasteiger partial charge in [0.05, 0.1) is 5.75 Å². The summed E-state index contributed by atoms with van der Waals surface area (Å²) in [6.45, 7) is 2.08. The Morgan fingerprint density at radius 3 is 2.92 bits per heavy atom. The van der Waals surface area contributed by atoms with E-state index in [9.17, 15) is 19.2 Å². The van der Waals surface area contributed by atoms with Crippen LogP contribution in [0, 0.1) is 5.92 Å². The number of nitrogens with one attached hydrogen (secondary N) is 1. The number of carbonyl (C=O) groups excluding carboxylic acids is 4. The van der Waals surface area contributed by atoms with Crippen molar-refractivity contribution in [3.05, 3.63) is 21.4 Å². The topological polar surface area (TPSA) is 92.8 Å². The number of rotatable bonds is 6. The highest BCUT2D eigenvalue weighted by Crippen LogP contribution is 2.32. The van der Waals surface area contributed by atoms with E-state index in [4.69, 9.17) is 4.74 Å². The Kier molecular flexibility index (Phi) is 5.98. The Labute approximate surface area is 159 Å². The summed E-state index contributed by atoms with van der Waals surface area (Å²) in [6.07, 6.45) is 3.10. The minimum absolute atomic E-state index is 0.125. The Balaban J connectivity index is 1.41. The third-order valence-electron chi connectivity index (χ3n) is 4.36. The average Bonchev–Trinajstić information content (AvgIpc) is 3.17. The zero-order valence-corrected chi connectivity index (χ0v) is 16.0. The maximum Gasteiger partial charge on any atom is 0.348 e. The van der Waals surface area contributed by atoms with Crippen LogP contribution in [0.2, 0.25) is 0 Å². The van der Waals surface area contributed by atoms with Crippen molar-refractivity contribution in [2.75, 3.05) is 25.4 Å². The summed E-state index contributed by atoms with van der Waals surface area (Å²) >= 11 is 2.39. The Morgan fingerprint density at radius 1 is 1.38 bits per heavy atom. The van der Waals surface area contributed by atoms with E-state index in [-0.39, 0.29) is 36.6 Å². The molecule has 7 nitrogen and oxygen atoms in total. The van der Waals surface area contributed by atoms with E-state index < -0.39 is 11.9 Å². The molecule has 0 saturated carbocycles. The Hall–Kier alpha value is -1.87. The number of thioether (sulfide) groups is 1. The number of nitrogens with zero attached hydrogens (tertiary/aromatic N) is 1. The summed E-state index contributed by atoms with van der Waals surface area (Å²) in [4.78, 5) is 49.6. The molecule has 1 fully saturated rings. The van der Waals surface area contributed by atoms with Crippen molar-refractivity contribution < 1.29 is 23.9 Å². The van der Waals surface area contributed by atoms with Crippen molar-refractivity contribution in [2.24, 2.45) is 5.92 Å². The number of carbonyl (C=O) groups is 4.